The summed E-state index contributed by atoms with van der Waals surface area (Å²) in [6.07, 6.45) is 3.67. The molecule has 2 aromatic rings. The molecular weight excluding hydrogens is 292 g/mol. The number of nitrogens with zero attached hydrogens (tertiary/aromatic N) is 1. The Morgan fingerprint density at radius 1 is 1.13 bits per heavy atom. The maximum atomic E-state index is 11.6. The van der Waals surface area contributed by atoms with Gasteiger partial charge in [-0.1, -0.05) is 12.1 Å². The van der Waals surface area contributed by atoms with Crippen molar-refractivity contribution in [2.75, 3.05) is 6.54 Å². The van der Waals surface area contributed by atoms with Gasteiger partial charge in [-0.05, 0) is 57.0 Å². The van der Waals surface area contributed by atoms with Crippen LogP contribution in [0.3, 0.4) is 0 Å². The second-order valence-corrected chi connectivity index (χ2v) is 6.11. The third kappa shape index (κ3) is 6.38. The van der Waals surface area contributed by atoms with E-state index in [9.17, 15) is 4.79 Å². The molecule has 1 aromatic heterocycles. The number of benzene rings is 1. The number of ether oxygens (including phenoxy) is 2. The minimum atomic E-state index is -0.484. The second kappa shape index (κ2) is 7.63. The molecular formula is C18H22N2O3. The summed E-state index contributed by atoms with van der Waals surface area (Å²) in [6.45, 7) is 6.03. The van der Waals surface area contributed by atoms with E-state index in [0.29, 0.717) is 13.0 Å². The van der Waals surface area contributed by atoms with Crippen LogP contribution in [-0.2, 0) is 11.2 Å². The van der Waals surface area contributed by atoms with E-state index in [1.54, 1.807) is 24.5 Å². The van der Waals surface area contributed by atoms with Crippen LogP contribution in [0.2, 0.25) is 0 Å². The maximum Gasteiger partial charge on any atom is 0.407 e. The molecule has 2 rings (SSSR count). The minimum Gasteiger partial charge on any atom is -0.457 e. The number of rotatable bonds is 5. The van der Waals surface area contributed by atoms with Crippen molar-refractivity contribution in [1.29, 1.82) is 0 Å². The van der Waals surface area contributed by atoms with Crippen molar-refractivity contribution in [3.05, 3.63) is 54.4 Å². The molecule has 1 heterocycles. The number of nitrogens with one attached hydrogen (secondary N) is 1. The van der Waals surface area contributed by atoms with Crippen molar-refractivity contribution in [3.8, 4) is 11.5 Å². The first-order valence-corrected chi connectivity index (χ1v) is 7.56. The van der Waals surface area contributed by atoms with Crippen molar-refractivity contribution in [3.63, 3.8) is 0 Å². The summed E-state index contributed by atoms with van der Waals surface area (Å²) in [5, 5.41) is 2.75. The predicted octanol–water partition coefficient (Wildman–Crippen LogP) is 3.94. The highest BCUT2D eigenvalue weighted by Crippen LogP contribution is 2.21. The van der Waals surface area contributed by atoms with Crippen LogP contribution in [0.15, 0.2) is 48.8 Å². The summed E-state index contributed by atoms with van der Waals surface area (Å²) in [7, 11) is 0. The van der Waals surface area contributed by atoms with Crippen LogP contribution in [0.5, 0.6) is 11.5 Å². The van der Waals surface area contributed by atoms with Crippen molar-refractivity contribution >= 4 is 6.09 Å². The number of aromatic nitrogens is 1. The molecule has 122 valence electrons. The average Bonchev–Trinajstić information content (AvgIpc) is 2.47. The number of amides is 1. The fourth-order valence-corrected chi connectivity index (χ4v) is 1.93. The number of carbonyl (C=O) groups excluding carboxylic acids is 1. The average molecular weight is 314 g/mol. The lowest BCUT2D eigenvalue weighted by Crippen LogP contribution is -2.33. The van der Waals surface area contributed by atoms with E-state index in [1.165, 1.54) is 0 Å². The van der Waals surface area contributed by atoms with Crippen molar-refractivity contribution < 1.29 is 14.3 Å². The summed E-state index contributed by atoms with van der Waals surface area (Å²) in [6, 6.07) is 11.4. The number of pyridine rings is 1. The Morgan fingerprint density at radius 3 is 2.57 bits per heavy atom. The summed E-state index contributed by atoms with van der Waals surface area (Å²) in [5.74, 6) is 1.50. The lowest BCUT2D eigenvalue weighted by Gasteiger charge is -2.19. The van der Waals surface area contributed by atoms with E-state index in [4.69, 9.17) is 9.47 Å². The van der Waals surface area contributed by atoms with E-state index in [0.717, 1.165) is 17.1 Å². The molecule has 5 nitrogen and oxygen atoms in total. The van der Waals surface area contributed by atoms with Crippen LogP contribution in [0.4, 0.5) is 4.79 Å². The molecule has 0 unspecified atom stereocenters. The number of carbonyl (C=O) groups is 1. The van der Waals surface area contributed by atoms with Crippen LogP contribution < -0.4 is 10.1 Å². The van der Waals surface area contributed by atoms with Crippen molar-refractivity contribution in [1.82, 2.24) is 10.3 Å². The van der Waals surface area contributed by atoms with Crippen LogP contribution >= 0.6 is 0 Å². The Bertz CT molecular complexity index is 636. The van der Waals surface area contributed by atoms with Gasteiger partial charge in [-0.2, -0.15) is 0 Å². The lowest BCUT2D eigenvalue weighted by atomic mass is 10.1. The standard InChI is InChI=1S/C18H22N2O3/c1-18(2,3)23-17(21)20-12-7-14-5-4-6-16(13-14)22-15-8-10-19-11-9-15/h4-6,8-11,13H,7,12H2,1-3H3,(H,20,21). The van der Waals surface area contributed by atoms with Gasteiger partial charge in [-0.25, -0.2) is 4.79 Å². The Morgan fingerprint density at radius 2 is 1.87 bits per heavy atom. The van der Waals surface area contributed by atoms with Crippen molar-refractivity contribution in [2.45, 2.75) is 32.8 Å². The second-order valence-electron chi connectivity index (χ2n) is 6.11. The van der Waals surface area contributed by atoms with Gasteiger partial charge in [0.25, 0.3) is 0 Å². The first kappa shape index (κ1) is 16.8. The molecule has 0 fully saturated rings. The fourth-order valence-electron chi connectivity index (χ4n) is 1.93. The molecule has 0 atom stereocenters. The van der Waals surface area contributed by atoms with Crippen LogP contribution in [0.25, 0.3) is 0 Å². The summed E-state index contributed by atoms with van der Waals surface area (Å²) >= 11 is 0. The third-order valence-corrected chi connectivity index (χ3v) is 2.87. The highest BCUT2D eigenvalue weighted by molar-refractivity contribution is 5.67. The largest absolute Gasteiger partial charge is 0.457 e. The van der Waals surface area contributed by atoms with Gasteiger partial charge >= 0.3 is 6.09 Å². The third-order valence-electron chi connectivity index (χ3n) is 2.87. The van der Waals surface area contributed by atoms with E-state index >= 15 is 0 Å². The number of hydrogen-bond acceptors (Lipinski definition) is 4. The quantitative estimate of drug-likeness (QED) is 0.908. The van der Waals surface area contributed by atoms with E-state index < -0.39 is 11.7 Å². The van der Waals surface area contributed by atoms with E-state index in [1.807, 2.05) is 45.0 Å². The van der Waals surface area contributed by atoms with Crippen LogP contribution in [0, 0.1) is 0 Å². The molecule has 0 aliphatic heterocycles. The number of hydrogen-bond donors (Lipinski definition) is 1. The Labute approximate surface area is 136 Å². The van der Waals surface area contributed by atoms with Gasteiger partial charge in [-0.15, -0.1) is 0 Å². The molecule has 1 aromatic carbocycles. The molecule has 1 N–H and O–H groups in total. The van der Waals surface area contributed by atoms with E-state index in [-0.39, 0.29) is 0 Å². The van der Waals surface area contributed by atoms with Gasteiger partial charge in [0.05, 0.1) is 0 Å². The molecule has 23 heavy (non-hydrogen) atoms. The molecule has 0 saturated heterocycles. The highest BCUT2D eigenvalue weighted by Gasteiger charge is 2.15. The van der Waals surface area contributed by atoms with E-state index in [2.05, 4.69) is 10.3 Å². The number of alkyl carbamates (subject to hydrolysis) is 1. The molecule has 0 aliphatic carbocycles. The Hall–Kier alpha value is -2.56. The van der Waals surface area contributed by atoms with Gasteiger partial charge < -0.3 is 14.8 Å². The monoisotopic (exact) mass is 314 g/mol. The maximum absolute atomic E-state index is 11.6. The predicted molar refractivity (Wildman–Crippen MR) is 88.7 cm³/mol. The van der Waals surface area contributed by atoms with Crippen LogP contribution in [0.1, 0.15) is 26.3 Å². The topological polar surface area (TPSA) is 60.5 Å². The fraction of sp³-hybridized carbons (Fsp3) is 0.333. The molecule has 0 spiro atoms. The molecule has 0 radical (unpaired) electrons. The highest BCUT2D eigenvalue weighted by atomic mass is 16.6. The molecule has 0 bridgehead atoms. The smallest absolute Gasteiger partial charge is 0.407 e. The van der Waals surface area contributed by atoms with Crippen molar-refractivity contribution in [2.24, 2.45) is 0 Å². The normalized spacial score (nSPS) is 10.9. The Kier molecular flexibility index (Phi) is 5.57. The van der Waals surface area contributed by atoms with Gasteiger partial charge in [0.2, 0.25) is 0 Å². The first-order chi connectivity index (χ1) is 10.9. The van der Waals surface area contributed by atoms with Crippen LogP contribution in [-0.4, -0.2) is 23.2 Å². The van der Waals surface area contributed by atoms with Gasteiger partial charge in [0.1, 0.15) is 17.1 Å². The zero-order valence-electron chi connectivity index (χ0n) is 13.7. The zero-order valence-corrected chi connectivity index (χ0v) is 13.7. The minimum absolute atomic E-state index is 0.401. The summed E-state index contributed by atoms with van der Waals surface area (Å²) in [5.41, 5.74) is 0.593. The van der Waals surface area contributed by atoms with Gasteiger partial charge in [0, 0.05) is 18.9 Å². The molecule has 5 heteroatoms. The summed E-state index contributed by atoms with van der Waals surface area (Å²) in [4.78, 5) is 15.5. The molecule has 0 aliphatic rings. The Balaban J connectivity index is 1.84. The summed E-state index contributed by atoms with van der Waals surface area (Å²) < 4.78 is 11.0. The van der Waals surface area contributed by atoms with Gasteiger partial charge in [-0.3, -0.25) is 4.98 Å². The molecule has 1 amide bonds. The SMILES string of the molecule is CC(C)(C)OC(=O)NCCc1cccc(Oc2ccncc2)c1. The zero-order chi connectivity index (χ0) is 16.7. The first-order valence-electron chi connectivity index (χ1n) is 7.56. The molecule has 0 saturated carbocycles. The van der Waals surface area contributed by atoms with Gasteiger partial charge in [0.15, 0.2) is 0 Å². The lowest BCUT2D eigenvalue weighted by molar-refractivity contribution is 0.0528.